The van der Waals surface area contributed by atoms with Gasteiger partial charge in [-0.05, 0) is 42.5 Å². The number of fused-ring (bicyclic) bond motifs is 2. The first-order valence-corrected chi connectivity index (χ1v) is 9.52. The molecule has 6 heteroatoms. The van der Waals surface area contributed by atoms with E-state index in [9.17, 15) is 0 Å². The third-order valence-electron chi connectivity index (χ3n) is 3.71. The second-order valence-electron chi connectivity index (χ2n) is 5.33. The fourth-order valence-corrected chi connectivity index (χ4v) is 3.97. The Labute approximate surface area is 148 Å². The molecule has 0 atom stereocenters. The zero-order valence-electron chi connectivity index (χ0n) is 12.9. The van der Waals surface area contributed by atoms with Crippen molar-refractivity contribution < 1.29 is 0 Å². The van der Waals surface area contributed by atoms with Crippen LogP contribution < -0.4 is 11.1 Å². The van der Waals surface area contributed by atoms with Crippen LogP contribution in [-0.4, -0.2) is 22.3 Å². The van der Waals surface area contributed by atoms with E-state index in [4.69, 9.17) is 5.73 Å². The maximum absolute atomic E-state index is 5.61. The second-order valence-corrected chi connectivity index (χ2v) is 7.39. The van der Waals surface area contributed by atoms with E-state index in [-0.39, 0.29) is 0 Å². The van der Waals surface area contributed by atoms with Gasteiger partial charge >= 0.3 is 0 Å². The van der Waals surface area contributed by atoms with E-state index in [2.05, 4.69) is 51.7 Å². The monoisotopic (exact) mass is 352 g/mol. The Bertz CT molecular complexity index is 997. The minimum absolute atomic E-state index is 0.675. The van der Waals surface area contributed by atoms with E-state index in [1.54, 1.807) is 23.1 Å². The largest absolute Gasteiger partial charge is 0.355 e. The molecule has 0 radical (unpaired) electrons. The summed E-state index contributed by atoms with van der Waals surface area (Å²) in [5.41, 5.74) is 11.5. The molecule has 0 amide bonds. The van der Waals surface area contributed by atoms with E-state index in [0.29, 0.717) is 6.54 Å². The minimum atomic E-state index is 0.675. The molecular formula is C18H16N4S2. The van der Waals surface area contributed by atoms with Crippen molar-refractivity contribution in [2.75, 3.05) is 17.6 Å². The van der Waals surface area contributed by atoms with E-state index in [1.165, 1.54) is 9.60 Å². The van der Waals surface area contributed by atoms with Crippen molar-refractivity contribution in [1.29, 1.82) is 0 Å². The third-order valence-corrected chi connectivity index (χ3v) is 5.55. The van der Waals surface area contributed by atoms with Crippen LogP contribution in [-0.2, 0) is 0 Å². The van der Waals surface area contributed by atoms with Crippen LogP contribution in [0.4, 0.5) is 11.4 Å². The maximum Gasteiger partial charge on any atom is 0.0832 e. The first-order chi connectivity index (χ1) is 11.8. The van der Waals surface area contributed by atoms with E-state index in [1.807, 2.05) is 17.8 Å². The van der Waals surface area contributed by atoms with E-state index < -0.39 is 0 Å². The lowest BCUT2D eigenvalue weighted by Crippen LogP contribution is -2.00. The van der Waals surface area contributed by atoms with Gasteiger partial charge in [-0.15, -0.1) is 23.1 Å². The molecule has 2 heterocycles. The van der Waals surface area contributed by atoms with Crippen molar-refractivity contribution in [3.63, 3.8) is 0 Å². The lowest BCUT2D eigenvalue weighted by molar-refractivity contribution is 1.15. The topological polar surface area (TPSA) is 63.8 Å². The normalized spacial score (nSPS) is 11.2. The van der Waals surface area contributed by atoms with Gasteiger partial charge in [0.15, 0.2) is 0 Å². The number of thioether (sulfide) groups is 1. The zero-order valence-corrected chi connectivity index (χ0v) is 14.5. The number of thiazole rings is 1. The highest BCUT2D eigenvalue weighted by Crippen LogP contribution is 2.30. The lowest BCUT2D eigenvalue weighted by Gasteiger charge is -2.11. The quantitative estimate of drug-likeness (QED) is 0.512. The van der Waals surface area contributed by atoms with E-state index >= 15 is 0 Å². The van der Waals surface area contributed by atoms with Gasteiger partial charge in [0, 0.05) is 40.2 Å². The standard InChI is InChI=1S/C18H16N4S2/c19-6-8-23-13-2-3-15-14(10-13)16(5-7-20-15)22-12-1-4-18-17(9-12)21-11-24-18/h1-5,7,9-11H,6,8,19H2,(H,20,22). The summed E-state index contributed by atoms with van der Waals surface area (Å²) >= 11 is 3.42. The molecule has 0 saturated carbocycles. The molecule has 4 aromatic rings. The van der Waals surface area contributed by atoms with Crippen molar-refractivity contribution >= 4 is 55.6 Å². The highest BCUT2D eigenvalue weighted by atomic mass is 32.2. The SMILES string of the molecule is NCCSc1ccc2nccc(Nc3ccc4scnc4c3)c2c1. The first kappa shape index (κ1) is 15.4. The minimum Gasteiger partial charge on any atom is -0.355 e. The molecule has 0 unspecified atom stereocenters. The Balaban J connectivity index is 1.71. The molecule has 0 fully saturated rings. The van der Waals surface area contributed by atoms with Crippen LogP contribution in [0.15, 0.2) is 59.1 Å². The van der Waals surface area contributed by atoms with Crippen LogP contribution >= 0.6 is 23.1 Å². The maximum atomic E-state index is 5.61. The molecule has 0 bridgehead atoms. The zero-order chi connectivity index (χ0) is 16.4. The number of hydrogen-bond acceptors (Lipinski definition) is 6. The molecule has 0 aliphatic heterocycles. The summed E-state index contributed by atoms with van der Waals surface area (Å²) in [4.78, 5) is 10.1. The molecule has 0 aliphatic rings. The fraction of sp³-hybridized carbons (Fsp3) is 0.111. The fourth-order valence-electron chi connectivity index (χ4n) is 2.59. The molecule has 0 spiro atoms. The van der Waals surface area contributed by atoms with Crippen molar-refractivity contribution in [2.45, 2.75) is 4.90 Å². The van der Waals surface area contributed by atoms with Crippen LogP contribution in [0.5, 0.6) is 0 Å². The molecule has 0 aliphatic carbocycles. The van der Waals surface area contributed by atoms with Gasteiger partial charge in [-0.25, -0.2) is 4.98 Å². The van der Waals surface area contributed by atoms with Crippen molar-refractivity contribution in [2.24, 2.45) is 5.73 Å². The molecule has 24 heavy (non-hydrogen) atoms. The van der Waals surface area contributed by atoms with Crippen LogP contribution in [0.2, 0.25) is 0 Å². The Hall–Kier alpha value is -2.15. The van der Waals surface area contributed by atoms with Gasteiger partial charge in [0.25, 0.3) is 0 Å². The Morgan fingerprint density at radius 1 is 1.04 bits per heavy atom. The predicted octanol–water partition coefficient (Wildman–Crippen LogP) is 4.64. The average Bonchev–Trinajstić information content (AvgIpc) is 3.08. The number of aromatic nitrogens is 2. The predicted molar refractivity (Wildman–Crippen MR) is 104 cm³/mol. The number of nitrogens with zero attached hydrogens (tertiary/aromatic N) is 2. The number of nitrogens with one attached hydrogen (secondary N) is 1. The highest BCUT2D eigenvalue weighted by molar-refractivity contribution is 7.99. The van der Waals surface area contributed by atoms with Crippen LogP contribution in [0.1, 0.15) is 0 Å². The smallest absolute Gasteiger partial charge is 0.0832 e. The van der Waals surface area contributed by atoms with Gasteiger partial charge in [0.1, 0.15) is 0 Å². The van der Waals surface area contributed by atoms with Gasteiger partial charge in [0.2, 0.25) is 0 Å². The Morgan fingerprint density at radius 3 is 2.92 bits per heavy atom. The van der Waals surface area contributed by atoms with Gasteiger partial charge in [-0.1, -0.05) is 0 Å². The van der Waals surface area contributed by atoms with Gasteiger partial charge < -0.3 is 11.1 Å². The Kier molecular flexibility index (Phi) is 4.34. The van der Waals surface area contributed by atoms with Gasteiger partial charge in [-0.3, -0.25) is 4.98 Å². The summed E-state index contributed by atoms with van der Waals surface area (Å²) < 4.78 is 1.20. The van der Waals surface area contributed by atoms with E-state index in [0.717, 1.165) is 33.5 Å². The number of nitrogens with two attached hydrogens (primary N) is 1. The molecule has 3 N–H and O–H groups in total. The van der Waals surface area contributed by atoms with Crippen molar-refractivity contribution in [1.82, 2.24) is 9.97 Å². The Morgan fingerprint density at radius 2 is 2.00 bits per heavy atom. The molecule has 2 aromatic heterocycles. The number of rotatable bonds is 5. The summed E-state index contributed by atoms with van der Waals surface area (Å²) in [6.07, 6.45) is 1.83. The third kappa shape index (κ3) is 3.08. The molecule has 4 rings (SSSR count). The van der Waals surface area contributed by atoms with Crippen LogP contribution in [0.25, 0.3) is 21.1 Å². The lowest BCUT2D eigenvalue weighted by atomic mass is 10.2. The molecule has 120 valence electrons. The van der Waals surface area contributed by atoms with Gasteiger partial charge in [-0.2, -0.15) is 0 Å². The first-order valence-electron chi connectivity index (χ1n) is 7.65. The van der Waals surface area contributed by atoms with Crippen molar-refractivity contribution in [3.05, 3.63) is 54.2 Å². The number of anilines is 2. The summed E-state index contributed by atoms with van der Waals surface area (Å²) in [6, 6.07) is 14.6. The summed E-state index contributed by atoms with van der Waals surface area (Å²) in [5, 5.41) is 4.61. The average molecular weight is 352 g/mol. The summed E-state index contributed by atoms with van der Waals surface area (Å²) in [7, 11) is 0. The summed E-state index contributed by atoms with van der Waals surface area (Å²) in [6.45, 7) is 0.675. The molecular weight excluding hydrogens is 336 g/mol. The van der Waals surface area contributed by atoms with Crippen molar-refractivity contribution in [3.8, 4) is 0 Å². The summed E-state index contributed by atoms with van der Waals surface area (Å²) in [5.74, 6) is 0.912. The second kappa shape index (κ2) is 6.76. The van der Waals surface area contributed by atoms with Crippen LogP contribution in [0, 0.1) is 0 Å². The number of pyridine rings is 1. The number of benzene rings is 2. The molecule has 4 nitrogen and oxygen atoms in total. The number of hydrogen-bond donors (Lipinski definition) is 2. The molecule has 0 saturated heterocycles. The molecule has 2 aromatic carbocycles. The van der Waals surface area contributed by atoms with Gasteiger partial charge in [0.05, 0.1) is 21.2 Å². The highest BCUT2D eigenvalue weighted by Gasteiger charge is 2.06. The van der Waals surface area contributed by atoms with Crippen LogP contribution in [0.3, 0.4) is 0 Å².